The summed E-state index contributed by atoms with van der Waals surface area (Å²) in [6, 6.07) is 0.0868. The summed E-state index contributed by atoms with van der Waals surface area (Å²) in [5, 5.41) is 70.8. The largest absolute Gasteiger partial charge is 0.481 e. The van der Waals surface area contributed by atoms with Crippen LogP contribution in [0, 0.1) is 92.7 Å². The summed E-state index contributed by atoms with van der Waals surface area (Å²) in [5.74, 6) is 2.37. The lowest BCUT2D eigenvalue weighted by Gasteiger charge is -2.63. The molecule has 324 valence electrons. The van der Waals surface area contributed by atoms with E-state index in [4.69, 9.17) is 0 Å². The summed E-state index contributed by atoms with van der Waals surface area (Å²) in [5.41, 5.74) is -0.514. The molecule has 0 heterocycles. The number of carbonyl (C=O) groups excluding carboxylic acids is 1. The van der Waals surface area contributed by atoms with Crippen LogP contribution in [0.25, 0.3) is 0 Å². The van der Waals surface area contributed by atoms with Gasteiger partial charge in [0.05, 0.1) is 30.5 Å². The summed E-state index contributed by atoms with van der Waals surface area (Å²) in [4.78, 5) is 25.0. The topological polar surface area (TPSA) is 168 Å². The molecule has 0 radical (unpaired) electrons. The van der Waals surface area contributed by atoms with E-state index in [0.29, 0.717) is 31.1 Å². The van der Waals surface area contributed by atoms with Gasteiger partial charge in [0.25, 0.3) is 0 Å². The summed E-state index contributed by atoms with van der Waals surface area (Å²) in [6.07, 6.45) is 12.3. The van der Waals surface area contributed by atoms with E-state index in [2.05, 4.69) is 46.9 Å². The quantitative estimate of drug-likeness (QED) is 0.132. The number of aliphatic hydroxyl groups excluding tert-OH is 5. The van der Waals surface area contributed by atoms with Crippen molar-refractivity contribution in [2.24, 2.45) is 92.7 Å². The second-order valence-electron chi connectivity index (χ2n) is 23.1. The molecule has 0 aromatic carbocycles. The molecule has 0 spiro atoms. The fourth-order valence-electron chi connectivity index (χ4n) is 17.8. The monoisotopic (exact) mass is 798 g/mol. The SMILES string of the molecule is C[C@H](CCC(=O)N[C@H]1CC[C@@]2(C)[C@@H](C1)C[C@@H](O)[C@@H]1[C@@H]2C[C@H](O)[C@]2(C)[C@@H]([C@H](C)CCC(=O)O)CC[C@@H]12)[C@H]1CC[C@H]2[C@@H]3[C@H](O)C[C@@H]4C[C@H](O)CCC4(C)[C@H]3C[C@H](O)[C@]12C. The molecular formula is C48H79NO8. The molecule has 9 nitrogen and oxygen atoms in total. The Morgan fingerprint density at radius 2 is 1.07 bits per heavy atom. The fourth-order valence-corrected chi connectivity index (χ4v) is 17.8. The highest BCUT2D eigenvalue weighted by Crippen LogP contribution is 2.70. The Hall–Kier alpha value is -1.26. The molecule has 57 heavy (non-hydrogen) atoms. The number of hydrogen-bond acceptors (Lipinski definition) is 7. The maximum absolute atomic E-state index is 13.7. The molecule has 0 aliphatic heterocycles. The third-order valence-corrected chi connectivity index (χ3v) is 21.1. The number of aliphatic hydroxyl groups is 5. The number of nitrogens with one attached hydrogen (secondary N) is 1. The van der Waals surface area contributed by atoms with Crippen LogP contribution in [0.1, 0.15) is 157 Å². The van der Waals surface area contributed by atoms with Crippen molar-refractivity contribution in [1.82, 2.24) is 5.32 Å². The molecule has 7 N–H and O–H groups in total. The average Bonchev–Trinajstić information content (AvgIpc) is 3.70. The predicted molar refractivity (Wildman–Crippen MR) is 218 cm³/mol. The van der Waals surface area contributed by atoms with Gasteiger partial charge >= 0.3 is 5.97 Å². The average molecular weight is 798 g/mol. The van der Waals surface area contributed by atoms with Crippen molar-refractivity contribution < 1.29 is 40.2 Å². The minimum Gasteiger partial charge on any atom is -0.481 e. The number of fused-ring (bicyclic) bond motifs is 10. The normalized spacial score (nSPS) is 53.9. The molecule has 1 amide bonds. The first kappa shape index (κ1) is 42.4. The van der Waals surface area contributed by atoms with Gasteiger partial charge in [-0.15, -0.1) is 0 Å². The lowest BCUT2D eigenvalue weighted by Crippen LogP contribution is -2.63. The molecule has 1 unspecified atom stereocenters. The maximum atomic E-state index is 13.7. The Bertz CT molecular complexity index is 1510. The third-order valence-electron chi connectivity index (χ3n) is 21.1. The highest BCUT2D eigenvalue weighted by atomic mass is 16.4. The van der Waals surface area contributed by atoms with Gasteiger partial charge in [0.1, 0.15) is 0 Å². The molecule has 8 saturated carbocycles. The third kappa shape index (κ3) is 6.70. The second kappa shape index (κ2) is 15.3. The van der Waals surface area contributed by atoms with Crippen molar-refractivity contribution in [3.05, 3.63) is 0 Å². The van der Waals surface area contributed by atoms with Crippen LogP contribution in [0.3, 0.4) is 0 Å². The molecule has 8 rings (SSSR count). The van der Waals surface area contributed by atoms with Gasteiger partial charge in [-0.1, -0.05) is 41.5 Å². The first-order valence-corrected chi connectivity index (χ1v) is 23.7. The Kier molecular flexibility index (Phi) is 11.4. The molecule has 9 heteroatoms. The maximum Gasteiger partial charge on any atom is 0.303 e. The van der Waals surface area contributed by atoms with Crippen molar-refractivity contribution in [2.75, 3.05) is 0 Å². The van der Waals surface area contributed by atoms with Gasteiger partial charge in [0.2, 0.25) is 5.91 Å². The van der Waals surface area contributed by atoms with Gasteiger partial charge in [-0.05, 0) is 195 Å². The first-order valence-electron chi connectivity index (χ1n) is 23.7. The van der Waals surface area contributed by atoms with Crippen LogP contribution in [-0.4, -0.2) is 79.1 Å². The van der Waals surface area contributed by atoms with Crippen LogP contribution in [0.5, 0.6) is 0 Å². The van der Waals surface area contributed by atoms with Crippen LogP contribution in [-0.2, 0) is 9.59 Å². The number of rotatable bonds is 9. The molecule has 8 aliphatic carbocycles. The molecule has 8 aliphatic rings. The van der Waals surface area contributed by atoms with E-state index >= 15 is 0 Å². The van der Waals surface area contributed by atoms with Gasteiger partial charge in [-0.25, -0.2) is 0 Å². The molecule has 0 aromatic heterocycles. The molecule has 0 saturated heterocycles. The van der Waals surface area contributed by atoms with Gasteiger partial charge in [-0.3, -0.25) is 9.59 Å². The minimum atomic E-state index is -0.764. The number of carboxylic acid groups (broad SMARTS) is 1. The molecule has 0 bridgehead atoms. The number of carbonyl (C=O) groups is 2. The fraction of sp³-hybridized carbons (Fsp3) is 0.958. The lowest BCUT2D eigenvalue weighted by molar-refractivity contribution is -0.207. The van der Waals surface area contributed by atoms with Crippen molar-refractivity contribution >= 4 is 11.9 Å². The second-order valence-corrected chi connectivity index (χ2v) is 23.1. The highest BCUT2D eigenvalue weighted by molar-refractivity contribution is 5.76. The van der Waals surface area contributed by atoms with Crippen LogP contribution >= 0.6 is 0 Å². The van der Waals surface area contributed by atoms with E-state index in [1.165, 1.54) is 0 Å². The summed E-state index contributed by atoms with van der Waals surface area (Å²) < 4.78 is 0. The Morgan fingerprint density at radius 1 is 0.596 bits per heavy atom. The van der Waals surface area contributed by atoms with E-state index in [9.17, 15) is 40.2 Å². The number of amides is 1. The zero-order valence-electron chi connectivity index (χ0n) is 36.1. The lowest BCUT2D eigenvalue weighted by atomic mass is 9.43. The van der Waals surface area contributed by atoms with Crippen LogP contribution in [0.15, 0.2) is 0 Å². The number of carboxylic acids is 1. The van der Waals surface area contributed by atoms with Crippen molar-refractivity contribution in [3.63, 3.8) is 0 Å². The van der Waals surface area contributed by atoms with E-state index in [0.717, 1.165) is 89.9 Å². The molecule has 0 aromatic rings. The van der Waals surface area contributed by atoms with Crippen molar-refractivity contribution in [1.29, 1.82) is 0 Å². The van der Waals surface area contributed by atoms with Gasteiger partial charge in [0.15, 0.2) is 0 Å². The van der Waals surface area contributed by atoms with E-state index < -0.39 is 24.3 Å². The molecule has 8 fully saturated rings. The molecular weight excluding hydrogens is 719 g/mol. The Labute approximate surface area is 342 Å². The first-order chi connectivity index (χ1) is 26.8. The highest BCUT2D eigenvalue weighted by Gasteiger charge is 2.67. The van der Waals surface area contributed by atoms with Crippen molar-refractivity contribution in [3.8, 4) is 0 Å². The summed E-state index contributed by atoms with van der Waals surface area (Å²) >= 11 is 0. The zero-order valence-corrected chi connectivity index (χ0v) is 36.1. The van der Waals surface area contributed by atoms with Gasteiger partial charge in [-0.2, -0.15) is 0 Å². The van der Waals surface area contributed by atoms with Crippen molar-refractivity contribution in [2.45, 2.75) is 194 Å². The van der Waals surface area contributed by atoms with Crippen LogP contribution in [0.4, 0.5) is 0 Å². The standard InChI is InChI=1S/C48H79NO8/c1-25(31-9-11-34-44-36(24-40(54)47(31,34)5)46(4)18-16-30(50)20-28(46)22-38(44)52)7-13-41(55)49-29-15-17-45(3)27(19-29)21-37(51)43-33-12-10-32(26(2)8-14-42(56)57)48(33,6)39(53)23-35(43)45/h25-40,43-44,50-54H,7-24H2,1-6H3,(H,49,55)(H,56,57)/t25-,26-,27+,28+,29+,30-,31-,32-,33+,34+,35+,36+,37-,38-,39+,40+,43+,44+,45+,46?,47-,48-/m1/s1. The van der Waals surface area contributed by atoms with E-state index in [1.54, 1.807) is 0 Å². The number of hydrogen-bond donors (Lipinski definition) is 7. The van der Waals surface area contributed by atoms with E-state index in [-0.39, 0.29) is 111 Å². The Morgan fingerprint density at radius 3 is 1.58 bits per heavy atom. The number of aliphatic carboxylic acids is 1. The smallest absolute Gasteiger partial charge is 0.303 e. The Balaban J connectivity index is 0.867. The summed E-state index contributed by atoms with van der Waals surface area (Å²) in [7, 11) is 0. The van der Waals surface area contributed by atoms with Gasteiger partial charge < -0.3 is 36.0 Å². The van der Waals surface area contributed by atoms with Crippen LogP contribution in [0.2, 0.25) is 0 Å². The minimum absolute atomic E-state index is 0.00569. The zero-order chi connectivity index (χ0) is 41.0. The van der Waals surface area contributed by atoms with Crippen LogP contribution < -0.4 is 5.32 Å². The summed E-state index contributed by atoms with van der Waals surface area (Å²) in [6.45, 7) is 13.7. The molecule has 22 atom stereocenters. The predicted octanol–water partition coefficient (Wildman–Crippen LogP) is 6.95. The van der Waals surface area contributed by atoms with E-state index in [1.807, 2.05) is 0 Å². The van der Waals surface area contributed by atoms with Gasteiger partial charge in [0, 0.05) is 18.9 Å².